The van der Waals surface area contributed by atoms with Gasteiger partial charge in [0.15, 0.2) is 11.5 Å². The van der Waals surface area contributed by atoms with Gasteiger partial charge in [-0.05, 0) is 57.0 Å². The van der Waals surface area contributed by atoms with Crippen LogP contribution in [0.4, 0.5) is 0 Å². The highest BCUT2D eigenvalue weighted by Crippen LogP contribution is 2.30. The van der Waals surface area contributed by atoms with Gasteiger partial charge in [-0.25, -0.2) is 0 Å². The number of ether oxygens (including phenoxy) is 2. The highest BCUT2D eigenvalue weighted by atomic mass is 16.5. The van der Waals surface area contributed by atoms with Crippen molar-refractivity contribution >= 4 is 0 Å². The molecule has 1 aromatic rings. The van der Waals surface area contributed by atoms with Gasteiger partial charge in [0.1, 0.15) is 0 Å². The summed E-state index contributed by atoms with van der Waals surface area (Å²) in [5.74, 6) is 1.56. The van der Waals surface area contributed by atoms with Crippen LogP contribution in [0.15, 0.2) is 12.1 Å². The molecule has 0 amide bonds. The van der Waals surface area contributed by atoms with E-state index in [2.05, 4.69) is 12.2 Å². The first-order chi connectivity index (χ1) is 8.87. The minimum atomic E-state index is -0.174. The topological polar surface area (TPSA) is 56.5 Å². The fraction of sp³-hybridized carbons (Fsp3) is 0.600. The third-order valence-electron chi connectivity index (χ3n) is 2.99. The zero-order chi connectivity index (χ0) is 14.5. The van der Waals surface area contributed by atoms with Crippen LogP contribution in [0.2, 0.25) is 0 Å². The number of hydrogen-bond donors (Lipinski definition) is 2. The Hall–Kier alpha value is -1.26. The molecule has 1 rings (SSSR count). The van der Waals surface area contributed by atoms with Crippen LogP contribution in [0.1, 0.15) is 25.0 Å². The van der Waals surface area contributed by atoms with Crippen LogP contribution in [-0.4, -0.2) is 32.8 Å². The summed E-state index contributed by atoms with van der Waals surface area (Å²) < 4.78 is 10.6. The van der Waals surface area contributed by atoms with E-state index in [0.717, 1.165) is 31.0 Å². The fourth-order valence-corrected chi connectivity index (χ4v) is 1.93. The van der Waals surface area contributed by atoms with Gasteiger partial charge in [-0.15, -0.1) is 0 Å². The van der Waals surface area contributed by atoms with Crippen LogP contribution < -0.4 is 20.5 Å². The Kier molecular flexibility index (Phi) is 5.63. The van der Waals surface area contributed by atoms with Gasteiger partial charge >= 0.3 is 0 Å². The van der Waals surface area contributed by atoms with Crippen molar-refractivity contribution in [3.05, 3.63) is 23.3 Å². The monoisotopic (exact) mass is 266 g/mol. The summed E-state index contributed by atoms with van der Waals surface area (Å²) in [6.45, 7) is 7.82. The molecule has 0 unspecified atom stereocenters. The highest BCUT2D eigenvalue weighted by molar-refractivity contribution is 5.47. The number of nitrogens with one attached hydrogen (secondary N) is 1. The lowest BCUT2D eigenvalue weighted by molar-refractivity contribution is 0.354. The molecule has 0 radical (unpaired) electrons. The Balaban J connectivity index is 2.63. The quantitative estimate of drug-likeness (QED) is 0.740. The van der Waals surface area contributed by atoms with E-state index < -0.39 is 0 Å². The summed E-state index contributed by atoms with van der Waals surface area (Å²) in [6.07, 6.45) is 0.947. The molecule has 1 aromatic carbocycles. The van der Waals surface area contributed by atoms with E-state index in [1.165, 1.54) is 11.1 Å². The Morgan fingerprint density at radius 3 is 2.26 bits per heavy atom. The first-order valence-electron chi connectivity index (χ1n) is 6.58. The average molecular weight is 266 g/mol. The Labute approximate surface area is 116 Å². The predicted octanol–water partition coefficient (Wildman–Crippen LogP) is 1.88. The highest BCUT2D eigenvalue weighted by Gasteiger charge is 2.10. The Morgan fingerprint density at radius 1 is 1.16 bits per heavy atom. The molecular weight excluding hydrogens is 240 g/mol. The second-order valence-electron chi connectivity index (χ2n) is 5.55. The van der Waals surface area contributed by atoms with Crippen molar-refractivity contribution in [2.45, 2.75) is 32.7 Å². The molecule has 108 valence electrons. The van der Waals surface area contributed by atoms with Crippen molar-refractivity contribution in [1.29, 1.82) is 0 Å². The molecule has 0 aliphatic carbocycles. The predicted molar refractivity (Wildman–Crippen MR) is 79.1 cm³/mol. The number of hydrogen-bond acceptors (Lipinski definition) is 4. The van der Waals surface area contributed by atoms with Gasteiger partial charge < -0.3 is 20.5 Å². The van der Waals surface area contributed by atoms with Gasteiger partial charge in [-0.3, -0.25) is 0 Å². The minimum absolute atomic E-state index is 0.174. The van der Waals surface area contributed by atoms with Crippen LogP contribution in [0.5, 0.6) is 11.5 Å². The molecule has 0 aliphatic heterocycles. The van der Waals surface area contributed by atoms with Gasteiger partial charge in [-0.2, -0.15) is 0 Å². The zero-order valence-corrected chi connectivity index (χ0v) is 12.7. The third kappa shape index (κ3) is 5.09. The number of nitrogens with two attached hydrogens (primary N) is 1. The molecule has 0 heterocycles. The summed E-state index contributed by atoms with van der Waals surface area (Å²) in [4.78, 5) is 0. The second-order valence-corrected chi connectivity index (χ2v) is 5.55. The van der Waals surface area contributed by atoms with Crippen LogP contribution in [-0.2, 0) is 6.42 Å². The molecule has 4 heteroatoms. The summed E-state index contributed by atoms with van der Waals surface area (Å²) in [7, 11) is 3.31. The van der Waals surface area contributed by atoms with Crippen molar-refractivity contribution in [3.63, 3.8) is 0 Å². The lowest BCUT2D eigenvalue weighted by atomic mass is 10.0. The van der Waals surface area contributed by atoms with Crippen LogP contribution in [0.25, 0.3) is 0 Å². The molecule has 0 spiro atoms. The van der Waals surface area contributed by atoms with Crippen molar-refractivity contribution in [1.82, 2.24) is 5.32 Å². The van der Waals surface area contributed by atoms with Crippen molar-refractivity contribution in [2.75, 3.05) is 27.3 Å². The van der Waals surface area contributed by atoms with E-state index in [4.69, 9.17) is 15.2 Å². The number of benzene rings is 1. The summed E-state index contributed by atoms with van der Waals surface area (Å²) in [5.41, 5.74) is 8.23. The van der Waals surface area contributed by atoms with E-state index in [1.54, 1.807) is 14.2 Å². The largest absolute Gasteiger partial charge is 0.493 e. The molecule has 0 saturated heterocycles. The average Bonchev–Trinajstić information content (AvgIpc) is 2.34. The minimum Gasteiger partial charge on any atom is -0.493 e. The Morgan fingerprint density at radius 2 is 1.74 bits per heavy atom. The van der Waals surface area contributed by atoms with E-state index in [-0.39, 0.29) is 5.54 Å². The molecule has 19 heavy (non-hydrogen) atoms. The molecule has 0 aromatic heterocycles. The standard InChI is InChI=1S/C15H26N2O2/c1-11-8-13(18-4)14(19-5)9-12(11)6-7-17-10-15(2,3)16/h8-9,17H,6-7,10,16H2,1-5H3. The van der Waals surface area contributed by atoms with Crippen LogP contribution >= 0.6 is 0 Å². The number of methoxy groups -OCH3 is 2. The van der Waals surface area contributed by atoms with Gasteiger partial charge in [0.2, 0.25) is 0 Å². The van der Waals surface area contributed by atoms with Gasteiger partial charge in [0.25, 0.3) is 0 Å². The zero-order valence-electron chi connectivity index (χ0n) is 12.7. The third-order valence-corrected chi connectivity index (χ3v) is 2.99. The van der Waals surface area contributed by atoms with Crippen molar-refractivity contribution < 1.29 is 9.47 Å². The molecule has 0 aliphatic rings. The number of aryl methyl sites for hydroxylation is 1. The van der Waals surface area contributed by atoms with Crippen molar-refractivity contribution in [2.24, 2.45) is 5.73 Å². The maximum absolute atomic E-state index is 5.93. The summed E-state index contributed by atoms with van der Waals surface area (Å²) in [5, 5.41) is 3.37. The molecule has 0 saturated carbocycles. The van der Waals surface area contributed by atoms with E-state index in [0.29, 0.717) is 0 Å². The molecular formula is C15H26N2O2. The van der Waals surface area contributed by atoms with E-state index in [9.17, 15) is 0 Å². The second kappa shape index (κ2) is 6.78. The van der Waals surface area contributed by atoms with Crippen molar-refractivity contribution in [3.8, 4) is 11.5 Å². The Bertz CT molecular complexity index is 411. The maximum atomic E-state index is 5.93. The summed E-state index contributed by atoms with van der Waals surface area (Å²) in [6, 6.07) is 4.06. The number of rotatable bonds is 7. The maximum Gasteiger partial charge on any atom is 0.161 e. The van der Waals surface area contributed by atoms with Gasteiger partial charge in [-0.1, -0.05) is 0 Å². The normalized spacial score (nSPS) is 11.5. The van der Waals surface area contributed by atoms with Crippen LogP contribution in [0, 0.1) is 6.92 Å². The molecule has 0 atom stereocenters. The SMILES string of the molecule is COc1cc(C)c(CCNCC(C)(C)N)cc1OC. The fourth-order valence-electron chi connectivity index (χ4n) is 1.93. The van der Waals surface area contributed by atoms with Gasteiger partial charge in [0, 0.05) is 12.1 Å². The first kappa shape index (κ1) is 15.8. The van der Waals surface area contributed by atoms with E-state index in [1.807, 2.05) is 26.0 Å². The molecule has 0 fully saturated rings. The molecule has 3 N–H and O–H groups in total. The van der Waals surface area contributed by atoms with Crippen LogP contribution in [0.3, 0.4) is 0 Å². The lowest BCUT2D eigenvalue weighted by Crippen LogP contribution is -2.43. The first-order valence-corrected chi connectivity index (χ1v) is 6.58. The molecule has 0 bridgehead atoms. The summed E-state index contributed by atoms with van der Waals surface area (Å²) >= 11 is 0. The molecule has 4 nitrogen and oxygen atoms in total. The van der Waals surface area contributed by atoms with E-state index >= 15 is 0 Å². The lowest BCUT2D eigenvalue weighted by Gasteiger charge is -2.19. The smallest absolute Gasteiger partial charge is 0.161 e. The van der Waals surface area contributed by atoms with Gasteiger partial charge in [0.05, 0.1) is 14.2 Å².